The van der Waals surface area contributed by atoms with Crippen LogP contribution in [0.5, 0.6) is 0 Å². The van der Waals surface area contributed by atoms with Crippen molar-refractivity contribution in [2.75, 3.05) is 12.4 Å². The van der Waals surface area contributed by atoms with Gasteiger partial charge < -0.3 is 10.1 Å². The maximum absolute atomic E-state index is 12.5. The fourth-order valence-corrected chi connectivity index (χ4v) is 4.85. The van der Waals surface area contributed by atoms with Gasteiger partial charge in [-0.3, -0.25) is 14.9 Å². The minimum absolute atomic E-state index is 0.173. The van der Waals surface area contributed by atoms with Gasteiger partial charge in [0.05, 0.1) is 19.1 Å². The lowest BCUT2D eigenvalue weighted by Gasteiger charge is -2.12. The summed E-state index contributed by atoms with van der Waals surface area (Å²) in [5.41, 5.74) is 1.33. The minimum Gasteiger partial charge on any atom is -0.453 e. The zero-order valence-corrected chi connectivity index (χ0v) is 15.4. The van der Waals surface area contributed by atoms with Gasteiger partial charge in [0.15, 0.2) is 0 Å². The second-order valence-corrected chi connectivity index (χ2v) is 7.80. The highest BCUT2D eigenvalue weighted by Gasteiger charge is 2.27. The van der Waals surface area contributed by atoms with Crippen molar-refractivity contribution in [1.82, 2.24) is 5.32 Å². The lowest BCUT2D eigenvalue weighted by Crippen LogP contribution is -2.31. The molecule has 1 aliphatic carbocycles. The predicted molar refractivity (Wildman–Crippen MR) is 97.5 cm³/mol. The Bertz CT molecular complexity index is 796. The average molecular weight is 378 g/mol. The third kappa shape index (κ3) is 4.08. The van der Waals surface area contributed by atoms with Crippen molar-refractivity contribution in [3.05, 3.63) is 38.4 Å². The molecule has 0 unspecified atom stereocenters. The molecule has 0 bridgehead atoms. The molecule has 2 aromatic rings. The van der Waals surface area contributed by atoms with Gasteiger partial charge in [-0.2, -0.15) is 0 Å². The van der Waals surface area contributed by atoms with Crippen LogP contribution in [0.4, 0.5) is 9.80 Å². The zero-order chi connectivity index (χ0) is 17.8. The van der Waals surface area contributed by atoms with E-state index in [4.69, 9.17) is 0 Å². The molecule has 132 valence electrons. The van der Waals surface area contributed by atoms with Crippen molar-refractivity contribution in [3.8, 4) is 0 Å². The number of imide groups is 1. The van der Waals surface area contributed by atoms with Gasteiger partial charge in [-0.15, -0.1) is 22.7 Å². The van der Waals surface area contributed by atoms with E-state index in [1.165, 1.54) is 29.8 Å². The van der Waals surface area contributed by atoms with Crippen LogP contribution in [-0.4, -0.2) is 25.0 Å². The van der Waals surface area contributed by atoms with Crippen molar-refractivity contribution in [2.24, 2.45) is 0 Å². The number of thiophene rings is 2. The molecule has 3 amide bonds. The van der Waals surface area contributed by atoms with Crippen LogP contribution in [-0.2, 0) is 28.8 Å². The van der Waals surface area contributed by atoms with Gasteiger partial charge in [-0.1, -0.05) is 6.07 Å². The lowest BCUT2D eigenvalue weighted by molar-refractivity contribution is -0.115. The molecule has 25 heavy (non-hydrogen) atoms. The Kier molecular flexibility index (Phi) is 5.50. The van der Waals surface area contributed by atoms with Crippen LogP contribution in [0.3, 0.4) is 0 Å². The number of hydrogen-bond acceptors (Lipinski definition) is 6. The average Bonchev–Trinajstić information content (AvgIpc) is 3.21. The number of carbonyl (C=O) groups is 3. The largest absolute Gasteiger partial charge is 0.453 e. The molecule has 0 spiro atoms. The van der Waals surface area contributed by atoms with E-state index >= 15 is 0 Å². The summed E-state index contributed by atoms with van der Waals surface area (Å²) in [5.74, 6) is -0.703. The maximum atomic E-state index is 12.5. The van der Waals surface area contributed by atoms with Crippen molar-refractivity contribution < 1.29 is 19.1 Å². The summed E-state index contributed by atoms with van der Waals surface area (Å²) < 4.78 is 4.50. The van der Waals surface area contributed by atoms with Crippen molar-refractivity contribution >= 4 is 45.6 Å². The number of anilines is 1. The van der Waals surface area contributed by atoms with Crippen LogP contribution < -0.4 is 10.6 Å². The molecule has 0 saturated carbocycles. The summed E-state index contributed by atoms with van der Waals surface area (Å²) in [6.07, 6.45) is 3.17. The van der Waals surface area contributed by atoms with Crippen LogP contribution in [0.1, 0.15) is 38.5 Å². The zero-order valence-electron chi connectivity index (χ0n) is 13.7. The molecule has 0 atom stereocenters. The molecule has 2 aromatic heterocycles. The molecule has 0 fully saturated rings. The molecule has 0 saturated heterocycles. The summed E-state index contributed by atoms with van der Waals surface area (Å²) >= 11 is 2.94. The number of alkyl carbamates (subject to hydrolysis) is 1. The van der Waals surface area contributed by atoms with E-state index < -0.39 is 12.0 Å². The van der Waals surface area contributed by atoms with Gasteiger partial charge in [-0.25, -0.2) is 4.79 Å². The van der Waals surface area contributed by atoms with E-state index in [1.54, 1.807) is 0 Å². The summed E-state index contributed by atoms with van der Waals surface area (Å²) in [6.45, 7) is 0. The third-order valence-electron chi connectivity index (χ3n) is 3.97. The Balaban J connectivity index is 1.84. The molecule has 0 aromatic carbocycles. The van der Waals surface area contributed by atoms with E-state index in [0.29, 0.717) is 10.6 Å². The molecule has 0 radical (unpaired) electrons. The van der Waals surface area contributed by atoms with E-state index in [9.17, 15) is 14.4 Å². The van der Waals surface area contributed by atoms with Gasteiger partial charge in [-0.05, 0) is 42.7 Å². The summed E-state index contributed by atoms with van der Waals surface area (Å²) in [4.78, 5) is 38.3. The van der Waals surface area contributed by atoms with Crippen LogP contribution in [0.25, 0.3) is 0 Å². The Morgan fingerprint density at radius 3 is 2.76 bits per heavy atom. The van der Waals surface area contributed by atoms with E-state index in [1.807, 2.05) is 17.5 Å². The molecule has 0 aliphatic heterocycles. The van der Waals surface area contributed by atoms with Crippen LogP contribution >= 0.6 is 22.7 Å². The number of rotatable bonds is 4. The van der Waals surface area contributed by atoms with Gasteiger partial charge >= 0.3 is 6.09 Å². The van der Waals surface area contributed by atoms with Gasteiger partial charge in [0.25, 0.3) is 5.91 Å². The van der Waals surface area contributed by atoms with Gasteiger partial charge in [0.2, 0.25) is 5.91 Å². The molecular formula is C17H18N2O4S2. The Morgan fingerprint density at radius 1 is 1.24 bits per heavy atom. The predicted octanol–water partition coefficient (Wildman–Crippen LogP) is 3.37. The number of fused-ring (bicyclic) bond motifs is 1. The number of methoxy groups -OCH3 is 1. The van der Waals surface area contributed by atoms with Gasteiger partial charge in [0.1, 0.15) is 5.00 Å². The first-order chi connectivity index (χ1) is 12.1. The molecule has 2 heterocycles. The number of aryl methyl sites for hydroxylation is 1. The van der Waals surface area contributed by atoms with Crippen molar-refractivity contribution in [2.45, 2.75) is 32.1 Å². The highest BCUT2D eigenvalue weighted by Crippen LogP contribution is 2.38. The first kappa shape index (κ1) is 17.6. The molecule has 6 nitrogen and oxygen atoms in total. The highest BCUT2D eigenvalue weighted by atomic mass is 32.1. The fraction of sp³-hybridized carbons (Fsp3) is 0.353. The number of ether oxygens (including phenoxy) is 1. The number of carbonyl (C=O) groups excluding carboxylic acids is 3. The smallest absolute Gasteiger partial charge is 0.413 e. The van der Waals surface area contributed by atoms with Crippen molar-refractivity contribution in [3.63, 3.8) is 0 Å². The molecule has 8 heteroatoms. The quantitative estimate of drug-likeness (QED) is 0.854. The number of nitrogens with one attached hydrogen (secondary N) is 2. The van der Waals surface area contributed by atoms with Gasteiger partial charge in [0, 0.05) is 9.75 Å². The van der Waals surface area contributed by atoms with E-state index in [2.05, 4.69) is 15.4 Å². The minimum atomic E-state index is -0.809. The third-order valence-corrected chi connectivity index (χ3v) is 6.05. The van der Waals surface area contributed by atoms with Crippen molar-refractivity contribution in [1.29, 1.82) is 0 Å². The second-order valence-electron chi connectivity index (χ2n) is 5.67. The van der Waals surface area contributed by atoms with E-state index in [0.717, 1.165) is 41.0 Å². The number of amides is 3. The van der Waals surface area contributed by atoms with E-state index in [-0.39, 0.29) is 12.3 Å². The Hall–Kier alpha value is -2.19. The Morgan fingerprint density at radius 2 is 2.04 bits per heavy atom. The molecule has 3 rings (SSSR count). The SMILES string of the molecule is COC(=O)NC(=O)c1c(NC(=O)Cc2cccs2)sc2c1CCCC2. The highest BCUT2D eigenvalue weighted by molar-refractivity contribution is 7.17. The topological polar surface area (TPSA) is 84.5 Å². The lowest BCUT2D eigenvalue weighted by atomic mass is 9.95. The number of hydrogen-bond donors (Lipinski definition) is 2. The second kappa shape index (κ2) is 7.79. The Labute approximate surface area is 153 Å². The first-order valence-corrected chi connectivity index (χ1v) is 9.64. The molecular weight excluding hydrogens is 360 g/mol. The standard InChI is InChI=1S/C17H18N2O4S2/c1-23-17(22)19-15(21)14-11-6-2-3-7-12(11)25-16(14)18-13(20)9-10-5-4-8-24-10/h4-5,8H,2-3,6-7,9H2,1H3,(H,18,20)(H,19,21,22). The maximum Gasteiger partial charge on any atom is 0.413 e. The fourth-order valence-electron chi connectivity index (χ4n) is 2.84. The van der Waals surface area contributed by atoms with Crippen LogP contribution in [0, 0.1) is 0 Å². The molecule has 1 aliphatic rings. The molecule has 2 N–H and O–H groups in total. The monoisotopic (exact) mass is 378 g/mol. The van der Waals surface area contributed by atoms with Crippen LogP contribution in [0.15, 0.2) is 17.5 Å². The first-order valence-electron chi connectivity index (χ1n) is 7.94. The summed E-state index contributed by atoms with van der Waals surface area (Å²) in [7, 11) is 1.20. The van der Waals surface area contributed by atoms with Crippen LogP contribution in [0.2, 0.25) is 0 Å². The summed E-state index contributed by atoms with van der Waals surface area (Å²) in [5, 5.41) is 7.48. The summed E-state index contributed by atoms with van der Waals surface area (Å²) in [6, 6.07) is 3.79. The normalized spacial score (nSPS) is 13.0.